The van der Waals surface area contributed by atoms with Crippen molar-refractivity contribution in [3.63, 3.8) is 0 Å². The molecule has 2 N–H and O–H groups in total. The molecule has 0 saturated heterocycles. The van der Waals surface area contributed by atoms with Gasteiger partial charge in [-0.2, -0.15) is 0 Å². The van der Waals surface area contributed by atoms with E-state index in [2.05, 4.69) is 11.1 Å². The second-order valence-electron chi connectivity index (χ2n) is 6.06. The molecule has 3 aromatic rings. The Balaban J connectivity index is 1.89. The van der Waals surface area contributed by atoms with E-state index in [0.717, 1.165) is 21.9 Å². The molecule has 0 aliphatic carbocycles. The summed E-state index contributed by atoms with van der Waals surface area (Å²) in [6.45, 7) is 2.23. The number of hydrogen-bond donors (Lipinski definition) is 1. The van der Waals surface area contributed by atoms with Gasteiger partial charge >= 0.3 is 0 Å². The lowest BCUT2D eigenvalue weighted by molar-refractivity contribution is -0.123. The van der Waals surface area contributed by atoms with Crippen LogP contribution in [0.1, 0.15) is 18.1 Å². The lowest BCUT2D eigenvalue weighted by Gasteiger charge is -2.27. The number of carbonyl (C=O) groups is 1. The molecule has 3 rings (SSSR count). The number of ketones is 1. The molecule has 0 bridgehead atoms. The van der Waals surface area contributed by atoms with Crippen molar-refractivity contribution < 1.29 is 4.79 Å². The van der Waals surface area contributed by atoms with Gasteiger partial charge in [0.05, 0.1) is 5.41 Å². The molecule has 0 aliphatic rings. The van der Waals surface area contributed by atoms with E-state index >= 15 is 0 Å². The van der Waals surface area contributed by atoms with Crippen molar-refractivity contribution in [3.05, 3.63) is 78.1 Å². The molecule has 0 saturated carbocycles. The molecule has 116 valence electrons. The van der Waals surface area contributed by atoms with Gasteiger partial charge in [-0.25, -0.2) is 0 Å². The minimum Gasteiger partial charge on any atom is -0.329 e. The van der Waals surface area contributed by atoms with E-state index in [1.807, 2.05) is 61.7 Å². The molecule has 0 radical (unpaired) electrons. The van der Waals surface area contributed by atoms with Gasteiger partial charge in [-0.15, -0.1) is 0 Å². The summed E-state index contributed by atoms with van der Waals surface area (Å²) in [5.41, 5.74) is 7.27. The molecule has 0 fully saturated rings. The Hall–Kier alpha value is -2.52. The number of nitrogens with two attached hydrogens (primary N) is 1. The van der Waals surface area contributed by atoms with Gasteiger partial charge in [0.2, 0.25) is 0 Å². The fourth-order valence-corrected chi connectivity index (χ4v) is 2.82. The highest BCUT2D eigenvalue weighted by Gasteiger charge is 2.33. The highest BCUT2D eigenvalue weighted by Crippen LogP contribution is 2.26. The van der Waals surface area contributed by atoms with E-state index in [0.29, 0.717) is 13.0 Å². The van der Waals surface area contributed by atoms with Crippen LogP contribution in [0.15, 0.2) is 67.0 Å². The fraction of sp³-hybridized carbons (Fsp3) is 0.200. The number of fused-ring (bicyclic) bond motifs is 1. The maximum atomic E-state index is 12.9. The van der Waals surface area contributed by atoms with Crippen LogP contribution in [0.5, 0.6) is 0 Å². The molecule has 1 heterocycles. The van der Waals surface area contributed by atoms with E-state index in [9.17, 15) is 4.79 Å². The van der Waals surface area contributed by atoms with Crippen LogP contribution in [-0.4, -0.2) is 17.3 Å². The van der Waals surface area contributed by atoms with Crippen molar-refractivity contribution >= 4 is 16.6 Å². The number of Topliss-reactive ketones (excluding diaryl/α,β-unsaturated/α-hetero) is 1. The molecular weight excluding hydrogens is 284 g/mol. The topological polar surface area (TPSA) is 56.0 Å². The summed E-state index contributed by atoms with van der Waals surface area (Å²) in [6, 6.07) is 17.8. The zero-order chi connectivity index (χ0) is 16.3. The summed E-state index contributed by atoms with van der Waals surface area (Å²) in [5.74, 6) is 0.139. The van der Waals surface area contributed by atoms with Crippen LogP contribution in [-0.2, 0) is 16.6 Å². The Morgan fingerprint density at radius 3 is 2.61 bits per heavy atom. The first-order valence-electron chi connectivity index (χ1n) is 7.75. The zero-order valence-corrected chi connectivity index (χ0v) is 13.2. The number of aromatic nitrogens is 1. The molecule has 1 aromatic heterocycles. The lowest BCUT2D eigenvalue weighted by Crippen LogP contribution is -2.41. The van der Waals surface area contributed by atoms with E-state index < -0.39 is 5.41 Å². The summed E-state index contributed by atoms with van der Waals surface area (Å²) in [4.78, 5) is 17.0. The number of pyridine rings is 1. The third kappa shape index (κ3) is 3.01. The molecule has 0 amide bonds. The SMILES string of the molecule is C[C@](CN)(C(=O)Cc1ccc2cnccc2c1)c1ccccc1. The van der Waals surface area contributed by atoms with Gasteiger partial charge in [-0.3, -0.25) is 9.78 Å². The Morgan fingerprint density at radius 2 is 1.87 bits per heavy atom. The summed E-state index contributed by atoms with van der Waals surface area (Å²) >= 11 is 0. The van der Waals surface area contributed by atoms with Crippen LogP contribution in [0.25, 0.3) is 10.8 Å². The van der Waals surface area contributed by atoms with Crippen LogP contribution < -0.4 is 5.73 Å². The molecule has 3 nitrogen and oxygen atoms in total. The Labute approximate surface area is 136 Å². The van der Waals surface area contributed by atoms with E-state index in [1.54, 1.807) is 6.20 Å². The summed E-state index contributed by atoms with van der Waals surface area (Å²) in [7, 11) is 0. The molecule has 1 atom stereocenters. The first-order chi connectivity index (χ1) is 11.1. The molecule has 2 aromatic carbocycles. The average molecular weight is 304 g/mol. The minimum atomic E-state index is -0.658. The second-order valence-corrected chi connectivity index (χ2v) is 6.06. The molecular formula is C20H20N2O. The molecule has 0 spiro atoms. The van der Waals surface area contributed by atoms with Crippen molar-refractivity contribution in [2.45, 2.75) is 18.8 Å². The smallest absolute Gasteiger partial charge is 0.148 e. The third-order valence-corrected chi connectivity index (χ3v) is 4.50. The average Bonchev–Trinajstić information content (AvgIpc) is 2.61. The monoisotopic (exact) mass is 304 g/mol. The zero-order valence-electron chi connectivity index (χ0n) is 13.2. The first-order valence-corrected chi connectivity index (χ1v) is 7.75. The highest BCUT2D eigenvalue weighted by molar-refractivity contribution is 5.92. The van der Waals surface area contributed by atoms with Crippen LogP contribution in [0, 0.1) is 0 Å². The van der Waals surface area contributed by atoms with E-state index in [-0.39, 0.29) is 5.78 Å². The predicted molar refractivity (Wildman–Crippen MR) is 93.3 cm³/mol. The van der Waals surface area contributed by atoms with Gasteiger partial charge in [0.25, 0.3) is 0 Å². The molecule has 3 heteroatoms. The number of nitrogens with zero attached hydrogens (tertiary/aromatic N) is 1. The van der Waals surface area contributed by atoms with Gasteiger partial charge < -0.3 is 5.73 Å². The number of carbonyl (C=O) groups excluding carboxylic acids is 1. The Bertz CT molecular complexity index is 829. The van der Waals surface area contributed by atoms with Gasteiger partial charge in [-0.05, 0) is 29.5 Å². The molecule has 0 unspecified atom stereocenters. The van der Waals surface area contributed by atoms with Gasteiger partial charge in [0.15, 0.2) is 0 Å². The standard InChI is InChI=1S/C20H20N2O/c1-20(14-21,18-5-3-2-4-6-18)19(23)12-15-7-8-17-13-22-10-9-16(17)11-15/h2-11,13H,12,14,21H2,1H3/t20-/m1/s1. The summed E-state index contributed by atoms with van der Waals surface area (Å²) < 4.78 is 0. The van der Waals surface area contributed by atoms with Crippen molar-refractivity contribution in [3.8, 4) is 0 Å². The predicted octanol–water partition coefficient (Wildman–Crippen LogP) is 3.26. The van der Waals surface area contributed by atoms with Crippen LogP contribution in [0.4, 0.5) is 0 Å². The van der Waals surface area contributed by atoms with Crippen LogP contribution in [0.2, 0.25) is 0 Å². The Morgan fingerprint density at radius 1 is 1.09 bits per heavy atom. The van der Waals surface area contributed by atoms with Crippen molar-refractivity contribution in [1.29, 1.82) is 0 Å². The third-order valence-electron chi connectivity index (χ3n) is 4.50. The van der Waals surface area contributed by atoms with E-state index in [4.69, 9.17) is 5.73 Å². The number of rotatable bonds is 5. The highest BCUT2D eigenvalue weighted by atomic mass is 16.1. The van der Waals surface area contributed by atoms with Crippen molar-refractivity contribution in [2.75, 3.05) is 6.54 Å². The quantitative estimate of drug-likeness (QED) is 0.787. The molecule has 0 aliphatic heterocycles. The number of benzene rings is 2. The van der Waals surface area contributed by atoms with Gasteiger partial charge in [0.1, 0.15) is 5.78 Å². The second kappa shape index (κ2) is 6.31. The summed E-state index contributed by atoms with van der Waals surface area (Å²) in [5, 5.41) is 2.17. The maximum absolute atomic E-state index is 12.9. The van der Waals surface area contributed by atoms with Crippen molar-refractivity contribution in [1.82, 2.24) is 4.98 Å². The van der Waals surface area contributed by atoms with E-state index in [1.165, 1.54) is 0 Å². The Kier molecular flexibility index (Phi) is 4.22. The minimum absolute atomic E-state index is 0.139. The van der Waals surface area contributed by atoms with Crippen LogP contribution in [0.3, 0.4) is 0 Å². The van der Waals surface area contributed by atoms with Gasteiger partial charge in [-0.1, -0.05) is 48.5 Å². The van der Waals surface area contributed by atoms with Crippen LogP contribution >= 0.6 is 0 Å². The first kappa shape index (κ1) is 15.4. The molecule has 23 heavy (non-hydrogen) atoms. The lowest BCUT2D eigenvalue weighted by atomic mass is 9.76. The summed E-state index contributed by atoms with van der Waals surface area (Å²) in [6.07, 6.45) is 3.97. The van der Waals surface area contributed by atoms with Gasteiger partial charge in [0, 0.05) is 30.7 Å². The van der Waals surface area contributed by atoms with Crippen molar-refractivity contribution in [2.24, 2.45) is 5.73 Å². The number of hydrogen-bond acceptors (Lipinski definition) is 3. The largest absolute Gasteiger partial charge is 0.329 e. The maximum Gasteiger partial charge on any atom is 0.148 e. The fourth-order valence-electron chi connectivity index (χ4n) is 2.82. The normalized spacial score (nSPS) is 13.7.